The third-order valence-electron chi connectivity index (χ3n) is 4.11. The number of nitrogens with zero attached hydrogens (tertiary/aromatic N) is 1. The summed E-state index contributed by atoms with van der Waals surface area (Å²) in [5.74, 6) is 0.885. The van der Waals surface area contributed by atoms with Crippen LogP contribution in [0.15, 0.2) is 48.5 Å². The third-order valence-corrected chi connectivity index (χ3v) is 4.11. The van der Waals surface area contributed by atoms with Gasteiger partial charge in [0, 0.05) is 13.1 Å². The van der Waals surface area contributed by atoms with Gasteiger partial charge in [0.25, 0.3) is 0 Å². The molecule has 22 heavy (non-hydrogen) atoms. The zero-order valence-corrected chi connectivity index (χ0v) is 13.1. The molecule has 1 aliphatic heterocycles. The van der Waals surface area contributed by atoms with E-state index in [9.17, 15) is 0 Å². The van der Waals surface area contributed by atoms with E-state index in [-0.39, 0.29) is 0 Å². The minimum atomic E-state index is 0.656. The van der Waals surface area contributed by atoms with Gasteiger partial charge in [-0.3, -0.25) is 4.84 Å². The van der Waals surface area contributed by atoms with Crippen molar-refractivity contribution >= 4 is 0 Å². The molecule has 0 aromatic heterocycles. The molecule has 116 valence electrons. The topological polar surface area (TPSA) is 21.7 Å². The van der Waals surface area contributed by atoms with Crippen molar-refractivity contribution in [3.8, 4) is 16.9 Å². The molecular formula is C19H23NO2. The lowest BCUT2D eigenvalue weighted by molar-refractivity contribution is -0.178. The fraction of sp³-hybridized carbons (Fsp3) is 0.368. The zero-order valence-electron chi connectivity index (χ0n) is 13.1. The van der Waals surface area contributed by atoms with Crippen LogP contribution in [0.4, 0.5) is 0 Å². The van der Waals surface area contributed by atoms with Crippen LogP contribution in [0.2, 0.25) is 0 Å². The van der Waals surface area contributed by atoms with E-state index in [1.165, 1.54) is 36.0 Å². The number of hydroxylamine groups is 2. The standard InChI is InChI=1S/C19H23NO2/c1-21-19-11-9-18(10-12-19)17-7-5-16(6-8-17)15-22-20-13-3-2-4-14-20/h5-12H,2-4,13-15H2,1H3. The monoisotopic (exact) mass is 297 g/mol. The van der Waals surface area contributed by atoms with Gasteiger partial charge in [-0.05, 0) is 41.7 Å². The van der Waals surface area contributed by atoms with Gasteiger partial charge in [0.05, 0.1) is 13.7 Å². The maximum absolute atomic E-state index is 5.86. The summed E-state index contributed by atoms with van der Waals surface area (Å²) in [5.41, 5.74) is 3.62. The summed E-state index contributed by atoms with van der Waals surface area (Å²) in [4.78, 5) is 5.86. The van der Waals surface area contributed by atoms with Crippen LogP contribution in [-0.4, -0.2) is 25.3 Å². The van der Waals surface area contributed by atoms with Crippen molar-refractivity contribution in [3.05, 3.63) is 54.1 Å². The van der Waals surface area contributed by atoms with Gasteiger partial charge >= 0.3 is 0 Å². The first kappa shape index (κ1) is 15.1. The first-order valence-electron chi connectivity index (χ1n) is 7.96. The number of hydrogen-bond acceptors (Lipinski definition) is 3. The smallest absolute Gasteiger partial charge is 0.118 e. The van der Waals surface area contributed by atoms with Gasteiger partial charge in [0.1, 0.15) is 5.75 Å². The summed E-state index contributed by atoms with van der Waals surface area (Å²) in [6, 6.07) is 16.7. The molecule has 3 nitrogen and oxygen atoms in total. The van der Waals surface area contributed by atoms with Crippen molar-refractivity contribution in [2.45, 2.75) is 25.9 Å². The quantitative estimate of drug-likeness (QED) is 0.822. The van der Waals surface area contributed by atoms with Gasteiger partial charge < -0.3 is 4.74 Å². The molecule has 1 saturated heterocycles. The average molecular weight is 297 g/mol. The highest BCUT2D eigenvalue weighted by Gasteiger charge is 2.10. The van der Waals surface area contributed by atoms with E-state index in [1.807, 2.05) is 12.1 Å². The van der Waals surface area contributed by atoms with Gasteiger partial charge in [0.2, 0.25) is 0 Å². The molecule has 2 aromatic rings. The number of piperidine rings is 1. The fourth-order valence-electron chi connectivity index (χ4n) is 2.74. The highest BCUT2D eigenvalue weighted by molar-refractivity contribution is 5.64. The third kappa shape index (κ3) is 3.87. The molecule has 1 aliphatic rings. The lowest BCUT2D eigenvalue weighted by Gasteiger charge is -2.25. The molecule has 1 heterocycles. The van der Waals surface area contributed by atoms with Gasteiger partial charge in [-0.25, -0.2) is 0 Å². The second-order valence-corrected chi connectivity index (χ2v) is 5.69. The first-order valence-corrected chi connectivity index (χ1v) is 7.96. The zero-order chi connectivity index (χ0) is 15.2. The largest absolute Gasteiger partial charge is 0.497 e. The Morgan fingerprint density at radius 3 is 2.00 bits per heavy atom. The predicted molar refractivity (Wildman–Crippen MR) is 88.6 cm³/mol. The van der Waals surface area contributed by atoms with E-state index in [0.29, 0.717) is 6.61 Å². The Balaban J connectivity index is 1.59. The van der Waals surface area contributed by atoms with Crippen LogP contribution in [0.3, 0.4) is 0 Å². The van der Waals surface area contributed by atoms with Crippen LogP contribution in [-0.2, 0) is 11.4 Å². The van der Waals surface area contributed by atoms with Crippen molar-refractivity contribution in [2.24, 2.45) is 0 Å². The maximum Gasteiger partial charge on any atom is 0.118 e. The van der Waals surface area contributed by atoms with Gasteiger partial charge in [-0.15, -0.1) is 0 Å². The van der Waals surface area contributed by atoms with E-state index < -0.39 is 0 Å². The van der Waals surface area contributed by atoms with Crippen LogP contribution in [0.25, 0.3) is 11.1 Å². The summed E-state index contributed by atoms with van der Waals surface area (Å²) in [5, 5.41) is 2.10. The Morgan fingerprint density at radius 2 is 1.41 bits per heavy atom. The molecule has 0 saturated carbocycles. The Morgan fingerprint density at radius 1 is 0.818 bits per heavy atom. The second-order valence-electron chi connectivity index (χ2n) is 5.69. The summed E-state index contributed by atoms with van der Waals surface area (Å²) in [7, 11) is 1.69. The Bertz CT molecular complexity index is 571. The number of benzene rings is 2. The summed E-state index contributed by atoms with van der Waals surface area (Å²) in [6.45, 7) is 2.77. The second kappa shape index (κ2) is 7.43. The van der Waals surface area contributed by atoms with Crippen LogP contribution in [0, 0.1) is 0 Å². The molecule has 1 fully saturated rings. The van der Waals surface area contributed by atoms with E-state index in [4.69, 9.17) is 9.57 Å². The molecule has 2 aromatic carbocycles. The molecule has 0 atom stereocenters. The molecule has 0 radical (unpaired) electrons. The highest BCUT2D eigenvalue weighted by atomic mass is 16.7. The van der Waals surface area contributed by atoms with E-state index in [1.54, 1.807) is 7.11 Å². The Labute approximate surface area is 132 Å². The summed E-state index contributed by atoms with van der Waals surface area (Å²) < 4.78 is 5.19. The number of hydrogen-bond donors (Lipinski definition) is 0. The minimum absolute atomic E-state index is 0.656. The molecule has 0 amide bonds. The van der Waals surface area contributed by atoms with Crippen molar-refractivity contribution < 1.29 is 9.57 Å². The van der Waals surface area contributed by atoms with E-state index in [2.05, 4.69) is 41.5 Å². The SMILES string of the molecule is COc1ccc(-c2ccc(CON3CCCCC3)cc2)cc1. The molecule has 0 spiro atoms. The molecule has 0 N–H and O–H groups in total. The lowest BCUT2D eigenvalue weighted by atomic mass is 10.0. The van der Waals surface area contributed by atoms with Crippen LogP contribution < -0.4 is 4.74 Å². The molecule has 0 bridgehead atoms. The summed E-state index contributed by atoms with van der Waals surface area (Å²) >= 11 is 0. The maximum atomic E-state index is 5.86. The molecule has 3 heteroatoms. The fourth-order valence-corrected chi connectivity index (χ4v) is 2.74. The Hall–Kier alpha value is -1.84. The van der Waals surface area contributed by atoms with Gasteiger partial charge in [-0.1, -0.05) is 42.8 Å². The first-order chi connectivity index (χ1) is 10.8. The average Bonchev–Trinajstić information content (AvgIpc) is 2.61. The highest BCUT2D eigenvalue weighted by Crippen LogP contribution is 2.23. The van der Waals surface area contributed by atoms with Crippen molar-refractivity contribution in [1.82, 2.24) is 5.06 Å². The minimum Gasteiger partial charge on any atom is -0.497 e. The normalized spacial score (nSPS) is 15.7. The van der Waals surface area contributed by atoms with Crippen molar-refractivity contribution in [2.75, 3.05) is 20.2 Å². The predicted octanol–water partition coefficient (Wildman–Crippen LogP) is 4.28. The van der Waals surface area contributed by atoms with Gasteiger partial charge in [-0.2, -0.15) is 5.06 Å². The van der Waals surface area contributed by atoms with Crippen LogP contribution >= 0.6 is 0 Å². The van der Waals surface area contributed by atoms with Crippen molar-refractivity contribution in [3.63, 3.8) is 0 Å². The molecular weight excluding hydrogens is 274 g/mol. The lowest BCUT2D eigenvalue weighted by Crippen LogP contribution is -2.29. The molecule has 0 unspecified atom stereocenters. The summed E-state index contributed by atoms with van der Waals surface area (Å²) in [6.07, 6.45) is 3.82. The van der Waals surface area contributed by atoms with Crippen LogP contribution in [0.5, 0.6) is 5.75 Å². The number of methoxy groups -OCH3 is 1. The number of ether oxygens (including phenoxy) is 1. The molecule has 3 rings (SSSR count). The number of rotatable bonds is 5. The Kier molecular flexibility index (Phi) is 5.09. The molecule has 0 aliphatic carbocycles. The van der Waals surface area contributed by atoms with E-state index >= 15 is 0 Å². The van der Waals surface area contributed by atoms with Crippen LogP contribution in [0.1, 0.15) is 24.8 Å². The van der Waals surface area contributed by atoms with Crippen molar-refractivity contribution in [1.29, 1.82) is 0 Å². The van der Waals surface area contributed by atoms with E-state index in [0.717, 1.165) is 18.8 Å². The van der Waals surface area contributed by atoms with Gasteiger partial charge in [0.15, 0.2) is 0 Å².